The molecule has 1 amide bonds. The highest BCUT2D eigenvalue weighted by molar-refractivity contribution is 7.99. The number of carbonyl (C=O) groups excluding carboxylic acids is 1. The van der Waals surface area contributed by atoms with Crippen LogP contribution in [0.2, 0.25) is 0 Å². The molecule has 0 spiro atoms. The van der Waals surface area contributed by atoms with E-state index in [1.165, 1.54) is 17.3 Å². The Balaban J connectivity index is 1.42. The van der Waals surface area contributed by atoms with E-state index in [-0.39, 0.29) is 17.8 Å². The minimum absolute atomic E-state index is 0.0197. The molecule has 1 aliphatic rings. The summed E-state index contributed by atoms with van der Waals surface area (Å²) < 4.78 is 7.65. The highest BCUT2D eigenvalue weighted by Gasteiger charge is 2.19. The van der Waals surface area contributed by atoms with Gasteiger partial charge in [-0.25, -0.2) is 4.98 Å². The zero-order chi connectivity index (χ0) is 24.2. The van der Waals surface area contributed by atoms with Gasteiger partial charge < -0.3 is 14.6 Å². The monoisotopic (exact) mass is 487 g/mol. The van der Waals surface area contributed by atoms with Crippen LogP contribution < -0.4 is 5.32 Å². The molecule has 1 atom stereocenters. The summed E-state index contributed by atoms with van der Waals surface area (Å²) in [6, 6.07) is 18.6. The molecule has 1 N–H and O–H groups in total. The summed E-state index contributed by atoms with van der Waals surface area (Å²) in [5.41, 5.74) is 5.06. The zero-order valence-corrected chi connectivity index (χ0v) is 20.8. The second-order valence-corrected chi connectivity index (χ2v) is 9.66. The Labute approximate surface area is 209 Å². The van der Waals surface area contributed by atoms with Gasteiger partial charge >= 0.3 is 0 Å². The normalized spacial score (nSPS) is 15.5. The van der Waals surface area contributed by atoms with Crippen molar-refractivity contribution >= 4 is 28.6 Å². The van der Waals surface area contributed by atoms with E-state index in [0.29, 0.717) is 13.1 Å². The van der Waals surface area contributed by atoms with Crippen molar-refractivity contribution in [2.75, 3.05) is 18.9 Å². The van der Waals surface area contributed by atoms with Crippen LogP contribution in [-0.2, 0) is 16.1 Å². The van der Waals surface area contributed by atoms with E-state index in [9.17, 15) is 4.79 Å². The topological polar surface area (TPSA) is 81.9 Å². The standard InChI is InChI=1S/C27H29N5O2S/c1-3-32-26(30-31-27(32)35-17-25(33)28-16-20-7-6-14-34-20)22-15-24(19-12-10-18(2)11-13-19)29-23-9-5-4-8-21(22)23/h4-5,8-13,15,20H,3,6-7,14,16-17H2,1-2H3,(H,28,33)/t20-/m1/s1. The maximum absolute atomic E-state index is 12.4. The predicted octanol–water partition coefficient (Wildman–Crippen LogP) is 4.88. The summed E-state index contributed by atoms with van der Waals surface area (Å²) in [5.74, 6) is 1.05. The number of rotatable bonds is 8. The fourth-order valence-corrected chi connectivity index (χ4v) is 5.16. The van der Waals surface area contributed by atoms with Gasteiger partial charge in [0, 0.05) is 36.2 Å². The zero-order valence-electron chi connectivity index (χ0n) is 20.0. The Kier molecular flexibility index (Phi) is 7.11. The van der Waals surface area contributed by atoms with E-state index >= 15 is 0 Å². The number of hydrogen-bond acceptors (Lipinski definition) is 6. The highest BCUT2D eigenvalue weighted by atomic mass is 32.2. The maximum atomic E-state index is 12.4. The number of aromatic nitrogens is 4. The van der Waals surface area contributed by atoms with E-state index in [1.807, 2.05) is 18.2 Å². The van der Waals surface area contributed by atoms with Crippen LogP contribution in [0, 0.1) is 6.92 Å². The molecule has 0 bridgehead atoms. The van der Waals surface area contributed by atoms with Gasteiger partial charge in [0.05, 0.1) is 23.1 Å². The third-order valence-corrected chi connectivity index (χ3v) is 7.19. The number of benzene rings is 2. The number of thioether (sulfide) groups is 1. The minimum Gasteiger partial charge on any atom is -0.376 e. The Morgan fingerprint density at radius 2 is 2.00 bits per heavy atom. The van der Waals surface area contributed by atoms with Crippen LogP contribution in [0.25, 0.3) is 33.5 Å². The lowest BCUT2D eigenvalue weighted by molar-refractivity contribution is -0.119. The molecule has 7 nitrogen and oxygen atoms in total. The maximum Gasteiger partial charge on any atom is 0.230 e. The molecule has 1 fully saturated rings. The van der Waals surface area contributed by atoms with E-state index in [1.54, 1.807) is 0 Å². The van der Waals surface area contributed by atoms with Gasteiger partial charge in [0.15, 0.2) is 11.0 Å². The first-order valence-electron chi connectivity index (χ1n) is 12.0. The Bertz CT molecular complexity index is 1330. The molecule has 0 unspecified atom stereocenters. The van der Waals surface area contributed by atoms with Crippen LogP contribution in [-0.4, -0.2) is 50.7 Å². The number of amides is 1. The summed E-state index contributed by atoms with van der Waals surface area (Å²) >= 11 is 1.41. The fraction of sp³-hybridized carbons (Fsp3) is 0.333. The Morgan fingerprint density at radius 3 is 2.77 bits per heavy atom. The Hall–Kier alpha value is -3.23. The first-order valence-corrected chi connectivity index (χ1v) is 13.0. The summed E-state index contributed by atoms with van der Waals surface area (Å²) in [5, 5.41) is 13.7. The van der Waals surface area contributed by atoms with Crippen molar-refractivity contribution in [2.24, 2.45) is 0 Å². The molecule has 35 heavy (non-hydrogen) atoms. The van der Waals surface area contributed by atoms with Gasteiger partial charge in [-0.3, -0.25) is 4.79 Å². The van der Waals surface area contributed by atoms with E-state index < -0.39 is 0 Å². The second-order valence-electron chi connectivity index (χ2n) is 8.72. The van der Waals surface area contributed by atoms with Crippen molar-refractivity contribution in [1.82, 2.24) is 25.1 Å². The van der Waals surface area contributed by atoms with Gasteiger partial charge in [0.2, 0.25) is 5.91 Å². The average Bonchev–Trinajstić information content (AvgIpc) is 3.55. The van der Waals surface area contributed by atoms with E-state index in [4.69, 9.17) is 9.72 Å². The molecule has 3 heterocycles. The van der Waals surface area contributed by atoms with Crippen LogP contribution in [0.4, 0.5) is 0 Å². The molecule has 8 heteroatoms. The van der Waals surface area contributed by atoms with Gasteiger partial charge in [-0.2, -0.15) is 0 Å². The molecule has 1 saturated heterocycles. The van der Waals surface area contributed by atoms with Gasteiger partial charge in [-0.1, -0.05) is 59.8 Å². The highest BCUT2D eigenvalue weighted by Crippen LogP contribution is 2.33. The number of hydrogen-bond donors (Lipinski definition) is 1. The van der Waals surface area contributed by atoms with Crippen molar-refractivity contribution in [3.05, 3.63) is 60.2 Å². The second kappa shape index (κ2) is 10.6. The molecule has 0 radical (unpaired) electrons. The number of fused-ring (bicyclic) bond motifs is 1. The number of aryl methyl sites for hydroxylation is 1. The number of pyridine rings is 1. The smallest absolute Gasteiger partial charge is 0.230 e. The van der Waals surface area contributed by atoms with Gasteiger partial charge in [-0.15, -0.1) is 10.2 Å². The third-order valence-electron chi connectivity index (χ3n) is 6.22. The number of para-hydroxylation sites is 1. The lowest BCUT2D eigenvalue weighted by Gasteiger charge is -2.12. The molecule has 0 aliphatic carbocycles. The lowest BCUT2D eigenvalue weighted by atomic mass is 10.0. The molecular formula is C27H29N5O2S. The quantitative estimate of drug-likeness (QED) is 0.357. The van der Waals surface area contributed by atoms with Crippen molar-refractivity contribution in [2.45, 2.75) is 44.5 Å². The molecular weight excluding hydrogens is 458 g/mol. The van der Waals surface area contributed by atoms with Crippen LogP contribution in [0.3, 0.4) is 0 Å². The molecule has 5 rings (SSSR count). The molecule has 4 aromatic rings. The summed E-state index contributed by atoms with van der Waals surface area (Å²) in [7, 11) is 0. The van der Waals surface area contributed by atoms with Gasteiger partial charge in [0.25, 0.3) is 0 Å². The minimum atomic E-state index is -0.0197. The van der Waals surface area contributed by atoms with Crippen molar-refractivity contribution in [1.29, 1.82) is 0 Å². The summed E-state index contributed by atoms with van der Waals surface area (Å²) in [4.78, 5) is 17.3. The molecule has 180 valence electrons. The fourth-order valence-electron chi connectivity index (χ4n) is 4.33. The average molecular weight is 488 g/mol. The van der Waals surface area contributed by atoms with Crippen molar-refractivity contribution in [3.8, 4) is 22.6 Å². The largest absolute Gasteiger partial charge is 0.376 e. The first-order chi connectivity index (χ1) is 17.1. The number of carbonyl (C=O) groups is 1. The van der Waals surface area contributed by atoms with E-state index in [2.05, 4.69) is 70.3 Å². The van der Waals surface area contributed by atoms with Gasteiger partial charge in [-0.05, 0) is 38.8 Å². The molecule has 2 aromatic heterocycles. The molecule has 2 aromatic carbocycles. The number of ether oxygens (including phenoxy) is 1. The third kappa shape index (κ3) is 5.23. The summed E-state index contributed by atoms with van der Waals surface area (Å²) in [6.07, 6.45) is 2.20. The van der Waals surface area contributed by atoms with Crippen molar-refractivity contribution < 1.29 is 9.53 Å². The van der Waals surface area contributed by atoms with Crippen LogP contribution in [0.15, 0.2) is 59.8 Å². The lowest BCUT2D eigenvalue weighted by Crippen LogP contribution is -2.32. The summed E-state index contributed by atoms with van der Waals surface area (Å²) in [6.45, 7) is 6.19. The SMILES string of the molecule is CCn1c(SCC(=O)NC[C@H]2CCCO2)nnc1-c1cc(-c2ccc(C)cc2)nc2ccccc12. The molecule has 1 aliphatic heterocycles. The number of nitrogens with one attached hydrogen (secondary N) is 1. The van der Waals surface area contributed by atoms with Crippen LogP contribution >= 0.6 is 11.8 Å². The van der Waals surface area contributed by atoms with Crippen molar-refractivity contribution in [3.63, 3.8) is 0 Å². The number of nitrogens with zero attached hydrogens (tertiary/aromatic N) is 4. The Morgan fingerprint density at radius 1 is 1.17 bits per heavy atom. The van der Waals surface area contributed by atoms with Crippen LogP contribution in [0.5, 0.6) is 0 Å². The predicted molar refractivity (Wildman–Crippen MR) is 139 cm³/mol. The van der Waals surface area contributed by atoms with Gasteiger partial charge in [0.1, 0.15) is 0 Å². The molecule has 0 saturated carbocycles. The van der Waals surface area contributed by atoms with Crippen LogP contribution in [0.1, 0.15) is 25.3 Å². The first kappa shape index (κ1) is 23.5. The van der Waals surface area contributed by atoms with E-state index in [0.717, 1.165) is 58.2 Å².